The molecule has 0 saturated heterocycles. The van der Waals surface area contributed by atoms with Crippen LogP contribution in [0, 0.1) is 0 Å². The number of halogens is 3. The first kappa shape index (κ1) is 15.7. The summed E-state index contributed by atoms with van der Waals surface area (Å²) in [6.45, 7) is 2.00. The normalized spacial score (nSPS) is 13.8. The summed E-state index contributed by atoms with van der Waals surface area (Å²) in [7, 11) is -4.50. The molecule has 0 aliphatic heterocycles. The van der Waals surface area contributed by atoms with Gasteiger partial charge in [-0.05, 0) is 30.7 Å². The van der Waals surface area contributed by atoms with Gasteiger partial charge in [0.25, 0.3) is 0 Å². The molecule has 1 aromatic rings. The number of sulfone groups is 1. The molecule has 1 aromatic carbocycles. The summed E-state index contributed by atoms with van der Waals surface area (Å²) in [5.74, 6) is -2.84. The van der Waals surface area contributed by atoms with Crippen LogP contribution in [0.3, 0.4) is 0 Å². The van der Waals surface area contributed by atoms with Gasteiger partial charge in [-0.15, -0.1) is 23.4 Å². The van der Waals surface area contributed by atoms with Crippen LogP contribution < -0.4 is 0 Å². The molecule has 2 nitrogen and oxygen atoms in total. The Morgan fingerprint density at radius 2 is 1.83 bits per heavy atom. The summed E-state index contributed by atoms with van der Waals surface area (Å²) in [5.41, 5.74) is 0. The van der Waals surface area contributed by atoms with Crippen molar-refractivity contribution < 1.29 is 17.2 Å². The highest BCUT2D eigenvalue weighted by Gasteiger charge is 2.26. The Morgan fingerprint density at radius 1 is 1.28 bits per heavy atom. The van der Waals surface area contributed by atoms with Crippen molar-refractivity contribution in [3.8, 4) is 0 Å². The molecule has 1 unspecified atom stereocenters. The lowest BCUT2D eigenvalue weighted by Crippen LogP contribution is -2.11. The van der Waals surface area contributed by atoms with Gasteiger partial charge in [-0.3, -0.25) is 0 Å². The highest BCUT2D eigenvalue weighted by atomic mass is 35.5. The van der Waals surface area contributed by atoms with Gasteiger partial charge in [0.05, 0.1) is 4.90 Å². The van der Waals surface area contributed by atoms with Crippen LogP contribution in [-0.4, -0.2) is 25.3 Å². The fourth-order valence-electron chi connectivity index (χ4n) is 1.26. The summed E-state index contributed by atoms with van der Waals surface area (Å²) in [6, 6.07) is 5.48. The Labute approximate surface area is 115 Å². The minimum atomic E-state index is -4.50. The maximum absolute atomic E-state index is 12.3. The lowest BCUT2D eigenvalue weighted by molar-refractivity contribution is 0.234. The molecular formula is C11H13ClF2O2S2. The SMILES string of the molecule is CC(CCCl)Sc1ccc(S(=O)(=O)C(F)F)cc1. The van der Waals surface area contributed by atoms with Crippen LogP contribution >= 0.6 is 23.4 Å². The topological polar surface area (TPSA) is 34.1 Å². The molecule has 1 rings (SSSR count). The molecule has 0 aromatic heterocycles. The second-order valence-electron chi connectivity index (χ2n) is 3.68. The quantitative estimate of drug-likeness (QED) is 0.592. The smallest absolute Gasteiger partial charge is 0.218 e. The number of benzene rings is 1. The van der Waals surface area contributed by atoms with Crippen molar-refractivity contribution in [2.45, 2.75) is 34.1 Å². The van der Waals surface area contributed by atoms with E-state index in [-0.39, 0.29) is 4.90 Å². The predicted octanol–water partition coefficient (Wildman–Crippen LogP) is 3.79. The molecule has 0 bridgehead atoms. The van der Waals surface area contributed by atoms with Gasteiger partial charge in [-0.1, -0.05) is 6.92 Å². The molecule has 0 fully saturated rings. The van der Waals surface area contributed by atoms with E-state index in [0.717, 1.165) is 11.3 Å². The van der Waals surface area contributed by atoms with Crippen LogP contribution in [0.4, 0.5) is 8.78 Å². The summed E-state index contributed by atoms with van der Waals surface area (Å²) in [4.78, 5) is 0.479. The molecular weight excluding hydrogens is 302 g/mol. The van der Waals surface area contributed by atoms with Crippen molar-refractivity contribution in [1.29, 1.82) is 0 Å². The van der Waals surface area contributed by atoms with E-state index < -0.39 is 15.6 Å². The van der Waals surface area contributed by atoms with E-state index in [1.54, 1.807) is 0 Å². The van der Waals surface area contributed by atoms with Gasteiger partial charge in [-0.25, -0.2) is 8.42 Å². The van der Waals surface area contributed by atoms with Crippen LogP contribution in [0.25, 0.3) is 0 Å². The van der Waals surface area contributed by atoms with Crippen molar-refractivity contribution in [2.24, 2.45) is 0 Å². The molecule has 0 heterocycles. The highest BCUT2D eigenvalue weighted by molar-refractivity contribution is 8.00. The van der Waals surface area contributed by atoms with E-state index in [0.29, 0.717) is 11.1 Å². The van der Waals surface area contributed by atoms with Gasteiger partial charge in [0.1, 0.15) is 0 Å². The van der Waals surface area contributed by atoms with Gasteiger partial charge < -0.3 is 0 Å². The van der Waals surface area contributed by atoms with Gasteiger partial charge in [0.15, 0.2) is 0 Å². The third-order valence-electron chi connectivity index (χ3n) is 2.24. The fraction of sp³-hybridized carbons (Fsp3) is 0.455. The molecule has 0 radical (unpaired) electrons. The van der Waals surface area contributed by atoms with E-state index in [9.17, 15) is 17.2 Å². The maximum Gasteiger partial charge on any atom is 0.341 e. The average molecular weight is 315 g/mol. The van der Waals surface area contributed by atoms with Gasteiger partial charge in [-0.2, -0.15) is 8.78 Å². The van der Waals surface area contributed by atoms with E-state index in [4.69, 9.17) is 11.6 Å². The van der Waals surface area contributed by atoms with E-state index in [2.05, 4.69) is 0 Å². The zero-order valence-corrected chi connectivity index (χ0v) is 12.0. The number of rotatable bonds is 6. The Morgan fingerprint density at radius 3 is 2.28 bits per heavy atom. The van der Waals surface area contributed by atoms with Crippen LogP contribution in [0.15, 0.2) is 34.1 Å². The Bertz CT molecular complexity index is 474. The number of hydrogen-bond donors (Lipinski definition) is 0. The van der Waals surface area contributed by atoms with Gasteiger partial charge in [0, 0.05) is 16.0 Å². The summed E-state index contributed by atoms with van der Waals surface area (Å²) < 4.78 is 47.0. The van der Waals surface area contributed by atoms with Crippen LogP contribution in [0.5, 0.6) is 0 Å². The molecule has 0 aliphatic rings. The first-order valence-electron chi connectivity index (χ1n) is 5.22. The third kappa shape index (κ3) is 4.10. The lowest BCUT2D eigenvalue weighted by atomic mass is 10.4. The number of hydrogen-bond acceptors (Lipinski definition) is 3. The van der Waals surface area contributed by atoms with Crippen molar-refractivity contribution >= 4 is 33.2 Å². The molecule has 0 N–H and O–H groups in total. The van der Waals surface area contributed by atoms with Crippen LogP contribution in [-0.2, 0) is 9.84 Å². The van der Waals surface area contributed by atoms with Gasteiger partial charge >= 0.3 is 5.76 Å². The third-order valence-corrected chi connectivity index (χ3v) is 5.04. The standard InChI is InChI=1S/C11H13ClF2O2S2/c1-8(6-7-12)17-9-2-4-10(5-3-9)18(15,16)11(13)14/h2-5,8,11H,6-7H2,1H3. The molecule has 102 valence electrons. The molecule has 1 atom stereocenters. The Balaban J connectivity index is 2.81. The van der Waals surface area contributed by atoms with Gasteiger partial charge in [0.2, 0.25) is 9.84 Å². The highest BCUT2D eigenvalue weighted by Crippen LogP contribution is 2.27. The largest absolute Gasteiger partial charge is 0.341 e. The fourth-order valence-corrected chi connectivity index (χ4v) is 3.43. The molecule has 0 amide bonds. The molecule has 18 heavy (non-hydrogen) atoms. The molecule has 0 spiro atoms. The van der Waals surface area contributed by atoms with Crippen LogP contribution in [0.1, 0.15) is 13.3 Å². The van der Waals surface area contributed by atoms with Crippen molar-refractivity contribution in [3.63, 3.8) is 0 Å². The zero-order valence-electron chi connectivity index (χ0n) is 9.65. The van der Waals surface area contributed by atoms with E-state index >= 15 is 0 Å². The number of thioether (sulfide) groups is 1. The minimum Gasteiger partial charge on any atom is -0.218 e. The minimum absolute atomic E-state index is 0.292. The average Bonchev–Trinajstić information content (AvgIpc) is 2.29. The summed E-state index contributed by atoms with van der Waals surface area (Å²) in [6.07, 6.45) is 0.823. The first-order valence-corrected chi connectivity index (χ1v) is 8.18. The molecule has 7 heteroatoms. The van der Waals surface area contributed by atoms with E-state index in [1.165, 1.54) is 36.0 Å². The molecule has 0 saturated carbocycles. The Kier molecular flexibility index (Phi) is 5.88. The van der Waals surface area contributed by atoms with Crippen molar-refractivity contribution in [3.05, 3.63) is 24.3 Å². The number of alkyl halides is 3. The molecule has 0 aliphatic carbocycles. The van der Waals surface area contributed by atoms with Crippen molar-refractivity contribution in [1.82, 2.24) is 0 Å². The second kappa shape index (κ2) is 6.73. The maximum atomic E-state index is 12.3. The Hall–Kier alpha value is -0.330. The zero-order chi connectivity index (χ0) is 13.8. The predicted molar refractivity (Wildman–Crippen MR) is 70.3 cm³/mol. The summed E-state index contributed by atoms with van der Waals surface area (Å²) in [5, 5.41) is 0.292. The lowest BCUT2D eigenvalue weighted by Gasteiger charge is -2.09. The van der Waals surface area contributed by atoms with Crippen molar-refractivity contribution in [2.75, 3.05) is 5.88 Å². The summed E-state index contributed by atoms with van der Waals surface area (Å²) >= 11 is 7.14. The first-order chi connectivity index (χ1) is 8.37. The monoisotopic (exact) mass is 314 g/mol. The van der Waals surface area contributed by atoms with Crippen LogP contribution in [0.2, 0.25) is 0 Å². The second-order valence-corrected chi connectivity index (χ2v) is 7.49. The van der Waals surface area contributed by atoms with E-state index in [1.807, 2.05) is 6.92 Å².